The maximum atomic E-state index is 12.2. The van der Waals surface area contributed by atoms with E-state index in [4.69, 9.17) is 0 Å². The van der Waals surface area contributed by atoms with Gasteiger partial charge in [0, 0.05) is 38.8 Å². The molecule has 0 unspecified atom stereocenters. The predicted octanol–water partition coefficient (Wildman–Crippen LogP) is 3.56. The Hall–Kier alpha value is -2.04. The van der Waals surface area contributed by atoms with Crippen molar-refractivity contribution in [3.05, 3.63) is 35.4 Å². The molecule has 1 saturated heterocycles. The van der Waals surface area contributed by atoms with Crippen LogP contribution < -0.4 is 10.6 Å². The molecule has 0 radical (unpaired) electrons. The first-order valence-electron chi connectivity index (χ1n) is 10.5. The summed E-state index contributed by atoms with van der Waals surface area (Å²) >= 11 is 0. The van der Waals surface area contributed by atoms with Crippen molar-refractivity contribution < 1.29 is 4.79 Å². The number of nitrogens with zero attached hydrogens (tertiary/aromatic N) is 2. The summed E-state index contributed by atoms with van der Waals surface area (Å²) < 4.78 is 0. The first-order chi connectivity index (χ1) is 13.2. The van der Waals surface area contributed by atoms with Crippen LogP contribution in [0.5, 0.6) is 0 Å². The number of benzene rings is 1. The van der Waals surface area contributed by atoms with E-state index >= 15 is 0 Å². The third kappa shape index (κ3) is 5.02. The number of hydrogen-bond acceptors (Lipinski definition) is 2. The van der Waals surface area contributed by atoms with Crippen LogP contribution >= 0.6 is 0 Å². The van der Waals surface area contributed by atoms with Crippen molar-refractivity contribution in [1.82, 2.24) is 15.5 Å². The molecule has 148 valence electrons. The lowest BCUT2D eigenvalue weighted by atomic mass is 9.73. The van der Waals surface area contributed by atoms with Crippen molar-refractivity contribution in [2.24, 2.45) is 10.4 Å². The Morgan fingerprint density at radius 3 is 2.74 bits per heavy atom. The summed E-state index contributed by atoms with van der Waals surface area (Å²) in [7, 11) is 1.86. The maximum absolute atomic E-state index is 12.2. The fraction of sp³-hybridized carbons (Fsp3) is 0.636. The molecule has 2 fully saturated rings. The molecule has 1 aromatic rings. The van der Waals surface area contributed by atoms with Gasteiger partial charge in [0.2, 0.25) is 0 Å². The Bertz CT molecular complexity index is 664. The van der Waals surface area contributed by atoms with Gasteiger partial charge in [-0.25, -0.2) is 0 Å². The molecule has 3 rings (SSSR count). The highest BCUT2D eigenvalue weighted by Crippen LogP contribution is 2.43. The fourth-order valence-electron chi connectivity index (χ4n) is 4.50. The Morgan fingerprint density at radius 1 is 1.19 bits per heavy atom. The number of aliphatic imine (C=N–C) groups is 1. The SMILES string of the molecule is CCCNC(=O)c1cccc(CNC(=NC)N2CCC3(CCCCC3)C2)c1. The van der Waals surface area contributed by atoms with Crippen LogP contribution in [0.15, 0.2) is 29.3 Å². The molecule has 1 amide bonds. The van der Waals surface area contributed by atoms with Gasteiger partial charge in [0.1, 0.15) is 0 Å². The van der Waals surface area contributed by atoms with E-state index in [0.717, 1.165) is 36.6 Å². The zero-order valence-corrected chi connectivity index (χ0v) is 16.9. The first-order valence-corrected chi connectivity index (χ1v) is 10.5. The highest BCUT2D eigenvalue weighted by molar-refractivity contribution is 5.94. The largest absolute Gasteiger partial charge is 0.352 e. The van der Waals surface area contributed by atoms with Gasteiger partial charge in [0.25, 0.3) is 5.91 Å². The van der Waals surface area contributed by atoms with Gasteiger partial charge in [-0.05, 0) is 48.8 Å². The standard InChI is InChI=1S/C22H34N4O/c1-3-13-24-20(27)19-9-7-8-18(15-19)16-25-21(23-2)26-14-12-22(17-26)10-5-4-6-11-22/h7-9,15H,3-6,10-14,16-17H2,1-2H3,(H,23,25)(H,24,27). The van der Waals surface area contributed by atoms with E-state index in [0.29, 0.717) is 18.5 Å². The van der Waals surface area contributed by atoms with Crippen LogP contribution in [0.1, 0.15) is 67.8 Å². The summed E-state index contributed by atoms with van der Waals surface area (Å²) in [4.78, 5) is 19.1. The highest BCUT2D eigenvalue weighted by atomic mass is 16.1. The molecule has 0 aromatic heterocycles. The number of guanidine groups is 1. The van der Waals surface area contributed by atoms with Gasteiger partial charge in [-0.2, -0.15) is 0 Å². The zero-order chi connectivity index (χ0) is 19.1. The molecule has 27 heavy (non-hydrogen) atoms. The van der Waals surface area contributed by atoms with Crippen molar-refractivity contribution >= 4 is 11.9 Å². The lowest BCUT2D eigenvalue weighted by Gasteiger charge is -2.33. The van der Waals surface area contributed by atoms with Crippen LogP contribution in [0.25, 0.3) is 0 Å². The van der Waals surface area contributed by atoms with Crippen molar-refractivity contribution in [1.29, 1.82) is 0 Å². The second-order valence-corrected chi connectivity index (χ2v) is 8.09. The number of amides is 1. The van der Waals surface area contributed by atoms with E-state index in [1.165, 1.54) is 38.5 Å². The molecular formula is C22H34N4O. The fourth-order valence-corrected chi connectivity index (χ4v) is 4.50. The first kappa shape index (κ1) is 19.7. The number of hydrogen-bond donors (Lipinski definition) is 2. The number of carbonyl (C=O) groups is 1. The number of carbonyl (C=O) groups excluding carboxylic acids is 1. The Kier molecular flexibility index (Phi) is 6.75. The van der Waals surface area contributed by atoms with Gasteiger partial charge >= 0.3 is 0 Å². The molecule has 2 N–H and O–H groups in total. The van der Waals surface area contributed by atoms with Crippen LogP contribution in [0.3, 0.4) is 0 Å². The van der Waals surface area contributed by atoms with Crippen molar-refractivity contribution in [2.45, 2.75) is 58.4 Å². The summed E-state index contributed by atoms with van der Waals surface area (Å²) in [6.07, 6.45) is 9.14. The molecular weight excluding hydrogens is 336 g/mol. The van der Waals surface area contributed by atoms with Gasteiger partial charge in [-0.1, -0.05) is 38.3 Å². The third-order valence-corrected chi connectivity index (χ3v) is 6.04. The summed E-state index contributed by atoms with van der Waals surface area (Å²) in [5, 5.41) is 6.44. The van der Waals surface area contributed by atoms with Crippen LogP contribution in [-0.2, 0) is 6.54 Å². The lowest BCUT2D eigenvalue weighted by molar-refractivity contribution is 0.0953. The normalized spacial score (nSPS) is 19.3. The van der Waals surface area contributed by atoms with Gasteiger partial charge in [-0.3, -0.25) is 9.79 Å². The second kappa shape index (κ2) is 9.25. The minimum absolute atomic E-state index is 0.00173. The predicted molar refractivity (Wildman–Crippen MR) is 111 cm³/mol. The van der Waals surface area contributed by atoms with Crippen LogP contribution in [0.4, 0.5) is 0 Å². The summed E-state index contributed by atoms with van der Waals surface area (Å²) in [5.74, 6) is 0.986. The quantitative estimate of drug-likeness (QED) is 0.615. The molecule has 1 aromatic carbocycles. The molecule has 1 aliphatic heterocycles. The Labute approximate surface area is 163 Å². The second-order valence-electron chi connectivity index (χ2n) is 8.09. The Morgan fingerprint density at radius 2 is 2.00 bits per heavy atom. The number of nitrogens with one attached hydrogen (secondary N) is 2. The summed E-state index contributed by atoms with van der Waals surface area (Å²) in [5.41, 5.74) is 2.35. The Balaban J connectivity index is 1.56. The summed E-state index contributed by atoms with van der Waals surface area (Å²) in [6, 6.07) is 7.85. The zero-order valence-electron chi connectivity index (χ0n) is 16.9. The van der Waals surface area contributed by atoms with E-state index in [9.17, 15) is 4.79 Å². The molecule has 1 spiro atoms. The van der Waals surface area contributed by atoms with Crippen LogP contribution in [0.2, 0.25) is 0 Å². The van der Waals surface area contributed by atoms with Gasteiger partial charge in [0.05, 0.1) is 0 Å². The smallest absolute Gasteiger partial charge is 0.251 e. The summed E-state index contributed by atoms with van der Waals surface area (Å²) in [6.45, 7) is 5.68. The molecule has 5 nitrogen and oxygen atoms in total. The van der Waals surface area contributed by atoms with Gasteiger partial charge in [-0.15, -0.1) is 0 Å². The van der Waals surface area contributed by atoms with E-state index in [1.807, 2.05) is 25.2 Å². The van der Waals surface area contributed by atoms with Crippen LogP contribution in [0, 0.1) is 5.41 Å². The van der Waals surface area contributed by atoms with Crippen molar-refractivity contribution in [2.75, 3.05) is 26.7 Å². The third-order valence-electron chi connectivity index (χ3n) is 6.04. The monoisotopic (exact) mass is 370 g/mol. The van der Waals surface area contributed by atoms with Gasteiger partial charge < -0.3 is 15.5 Å². The molecule has 1 aliphatic carbocycles. The topological polar surface area (TPSA) is 56.7 Å². The van der Waals surface area contributed by atoms with Crippen LogP contribution in [-0.4, -0.2) is 43.4 Å². The molecule has 1 saturated carbocycles. The molecule has 5 heteroatoms. The van der Waals surface area contributed by atoms with E-state index < -0.39 is 0 Å². The lowest BCUT2D eigenvalue weighted by Crippen LogP contribution is -2.41. The van der Waals surface area contributed by atoms with E-state index in [1.54, 1.807) is 0 Å². The molecule has 1 heterocycles. The average molecular weight is 371 g/mol. The number of likely N-dealkylation sites (tertiary alicyclic amines) is 1. The molecule has 2 aliphatic rings. The number of rotatable bonds is 5. The maximum Gasteiger partial charge on any atom is 0.251 e. The van der Waals surface area contributed by atoms with Crippen molar-refractivity contribution in [3.63, 3.8) is 0 Å². The minimum atomic E-state index is 0.00173. The van der Waals surface area contributed by atoms with Gasteiger partial charge in [0.15, 0.2) is 5.96 Å². The highest BCUT2D eigenvalue weighted by Gasteiger charge is 2.39. The average Bonchev–Trinajstić information content (AvgIpc) is 3.10. The van der Waals surface area contributed by atoms with Crippen molar-refractivity contribution in [3.8, 4) is 0 Å². The molecule has 0 atom stereocenters. The van der Waals surface area contributed by atoms with E-state index in [2.05, 4.69) is 33.5 Å². The molecule has 0 bridgehead atoms. The minimum Gasteiger partial charge on any atom is -0.352 e. The van der Waals surface area contributed by atoms with E-state index in [-0.39, 0.29) is 5.91 Å².